The SMILES string of the molecule is CCc1cc(C#Cc2ccc(C)cc2)c(OC)cc1C#Cc1ccc(C)cc1. The molecule has 28 heavy (non-hydrogen) atoms. The molecule has 0 N–H and O–H groups in total. The average Bonchev–Trinajstić information content (AvgIpc) is 2.72. The van der Waals surface area contributed by atoms with E-state index in [1.807, 2.05) is 30.3 Å². The summed E-state index contributed by atoms with van der Waals surface area (Å²) in [6.07, 6.45) is 0.890. The van der Waals surface area contributed by atoms with E-state index in [4.69, 9.17) is 4.74 Å². The highest BCUT2D eigenvalue weighted by Gasteiger charge is 2.07. The Labute approximate surface area is 168 Å². The van der Waals surface area contributed by atoms with Gasteiger partial charge in [0.05, 0.1) is 12.7 Å². The topological polar surface area (TPSA) is 9.23 Å². The summed E-state index contributed by atoms with van der Waals surface area (Å²) >= 11 is 0. The van der Waals surface area contributed by atoms with E-state index in [1.54, 1.807) is 7.11 Å². The maximum atomic E-state index is 5.59. The van der Waals surface area contributed by atoms with Crippen molar-refractivity contribution in [2.45, 2.75) is 27.2 Å². The summed E-state index contributed by atoms with van der Waals surface area (Å²) in [5, 5.41) is 0. The number of ether oxygens (including phenoxy) is 1. The highest BCUT2D eigenvalue weighted by atomic mass is 16.5. The summed E-state index contributed by atoms with van der Waals surface area (Å²) in [5.41, 5.74) is 7.52. The van der Waals surface area contributed by atoms with Crippen LogP contribution in [0.4, 0.5) is 0 Å². The molecule has 0 fully saturated rings. The minimum absolute atomic E-state index is 0.755. The first-order valence-electron chi connectivity index (χ1n) is 9.47. The van der Waals surface area contributed by atoms with Gasteiger partial charge in [-0.05, 0) is 62.2 Å². The molecule has 0 aliphatic rings. The Morgan fingerprint density at radius 2 is 1.18 bits per heavy atom. The van der Waals surface area contributed by atoms with Gasteiger partial charge in [0.25, 0.3) is 0 Å². The van der Waals surface area contributed by atoms with Crippen LogP contribution in [0.1, 0.15) is 45.9 Å². The number of hydrogen-bond acceptors (Lipinski definition) is 1. The summed E-state index contributed by atoms with van der Waals surface area (Å²) in [6.45, 7) is 6.29. The monoisotopic (exact) mass is 364 g/mol. The molecule has 0 saturated heterocycles. The molecule has 0 radical (unpaired) electrons. The number of benzene rings is 3. The lowest BCUT2D eigenvalue weighted by molar-refractivity contribution is 0.413. The minimum atomic E-state index is 0.755. The Kier molecular flexibility index (Phi) is 6.21. The number of aryl methyl sites for hydroxylation is 3. The van der Waals surface area contributed by atoms with Crippen molar-refractivity contribution in [2.75, 3.05) is 7.11 Å². The van der Waals surface area contributed by atoms with Crippen molar-refractivity contribution in [2.24, 2.45) is 0 Å². The van der Waals surface area contributed by atoms with Crippen LogP contribution in [0.25, 0.3) is 0 Å². The van der Waals surface area contributed by atoms with Crippen molar-refractivity contribution >= 4 is 0 Å². The minimum Gasteiger partial charge on any atom is -0.495 e. The van der Waals surface area contributed by atoms with E-state index < -0.39 is 0 Å². The van der Waals surface area contributed by atoms with Gasteiger partial charge in [-0.2, -0.15) is 0 Å². The standard InChI is InChI=1S/C27H24O/c1-5-24-18-26(17-15-23-12-8-21(3)9-13-23)27(28-4)19-25(24)16-14-22-10-6-20(2)7-11-22/h6-13,18-19H,5H2,1-4H3. The van der Waals surface area contributed by atoms with Crippen LogP contribution in [-0.4, -0.2) is 7.11 Å². The third kappa shape index (κ3) is 4.85. The molecular formula is C27H24O. The summed E-state index contributed by atoms with van der Waals surface area (Å²) in [5.74, 6) is 13.8. The maximum Gasteiger partial charge on any atom is 0.135 e. The van der Waals surface area contributed by atoms with E-state index in [9.17, 15) is 0 Å². The molecular weight excluding hydrogens is 340 g/mol. The van der Waals surface area contributed by atoms with Gasteiger partial charge in [0.2, 0.25) is 0 Å². The third-order valence-electron chi connectivity index (χ3n) is 4.59. The quantitative estimate of drug-likeness (QED) is 0.532. The summed E-state index contributed by atoms with van der Waals surface area (Å²) in [6, 6.07) is 20.6. The normalized spacial score (nSPS) is 9.71. The van der Waals surface area contributed by atoms with E-state index in [0.717, 1.165) is 34.4 Å². The average molecular weight is 364 g/mol. The van der Waals surface area contributed by atoms with Gasteiger partial charge in [-0.25, -0.2) is 0 Å². The third-order valence-corrected chi connectivity index (χ3v) is 4.59. The molecule has 0 bridgehead atoms. The zero-order valence-corrected chi connectivity index (χ0v) is 16.9. The van der Waals surface area contributed by atoms with E-state index in [2.05, 4.69) is 74.8 Å². The van der Waals surface area contributed by atoms with Crippen molar-refractivity contribution < 1.29 is 4.74 Å². The second-order valence-corrected chi connectivity index (χ2v) is 6.80. The van der Waals surface area contributed by atoms with Crippen LogP contribution in [-0.2, 0) is 6.42 Å². The Bertz CT molecular complexity index is 988. The first-order valence-corrected chi connectivity index (χ1v) is 9.47. The summed E-state index contributed by atoms with van der Waals surface area (Å²) in [7, 11) is 1.68. The van der Waals surface area contributed by atoms with E-state index in [0.29, 0.717) is 0 Å². The summed E-state index contributed by atoms with van der Waals surface area (Å²) in [4.78, 5) is 0. The van der Waals surface area contributed by atoms with Crippen molar-refractivity contribution in [3.63, 3.8) is 0 Å². The Morgan fingerprint density at radius 3 is 1.64 bits per heavy atom. The molecule has 0 atom stereocenters. The molecule has 0 unspecified atom stereocenters. The Balaban J connectivity index is 1.96. The maximum absolute atomic E-state index is 5.59. The molecule has 1 nitrogen and oxygen atoms in total. The van der Waals surface area contributed by atoms with Gasteiger partial charge in [-0.1, -0.05) is 66.0 Å². The molecule has 3 aromatic carbocycles. The zero-order valence-electron chi connectivity index (χ0n) is 16.9. The first-order chi connectivity index (χ1) is 13.6. The molecule has 1 heteroatoms. The second kappa shape index (κ2) is 8.98. The molecule has 3 aromatic rings. The lowest BCUT2D eigenvalue weighted by atomic mass is 10.0. The molecule has 138 valence electrons. The highest BCUT2D eigenvalue weighted by molar-refractivity contribution is 5.58. The van der Waals surface area contributed by atoms with Gasteiger partial charge in [-0.15, -0.1) is 0 Å². The van der Waals surface area contributed by atoms with Crippen LogP contribution in [0.2, 0.25) is 0 Å². The number of methoxy groups -OCH3 is 1. The van der Waals surface area contributed by atoms with E-state index in [1.165, 1.54) is 16.7 Å². The molecule has 0 saturated carbocycles. The first kappa shape index (κ1) is 19.3. The molecule has 0 amide bonds. The van der Waals surface area contributed by atoms with Crippen LogP contribution < -0.4 is 4.74 Å². The lowest BCUT2D eigenvalue weighted by Gasteiger charge is -2.08. The van der Waals surface area contributed by atoms with E-state index in [-0.39, 0.29) is 0 Å². The van der Waals surface area contributed by atoms with Crippen LogP contribution in [0.15, 0.2) is 60.7 Å². The summed E-state index contributed by atoms with van der Waals surface area (Å²) < 4.78 is 5.59. The fraction of sp³-hybridized carbons (Fsp3) is 0.185. The fourth-order valence-electron chi connectivity index (χ4n) is 2.85. The number of rotatable bonds is 2. The smallest absolute Gasteiger partial charge is 0.135 e. The van der Waals surface area contributed by atoms with Crippen molar-refractivity contribution in [3.05, 3.63) is 99.6 Å². The van der Waals surface area contributed by atoms with Crippen LogP contribution in [0.5, 0.6) is 5.75 Å². The molecule has 3 rings (SSSR count). The predicted molar refractivity (Wildman–Crippen MR) is 117 cm³/mol. The van der Waals surface area contributed by atoms with Gasteiger partial charge in [-0.3, -0.25) is 0 Å². The lowest BCUT2D eigenvalue weighted by Crippen LogP contribution is -1.95. The molecule has 0 aliphatic heterocycles. The largest absolute Gasteiger partial charge is 0.495 e. The van der Waals surface area contributed by atoms with Crippen molar-refractivity contribution in [3.8, 4) is 29.4 Å². The van der Waals surface area contributed by atoms with Gasteiger partial charge in [0.15, 0.2) is 0 Å². The van der Waals surface area contributed by atoms with Gasteiger partial charge in [0.1, 0.15) is 5.75 Å². The molecule has 0 aromatic heterocycles. The van der Waals surface area contributed by atoms with Gasteiger partial charge in [0, 0.05) is 16.7 Å². The molecule has 0 aliphatic carbocycles. The zero-order chi connectivity index (χ0) is 19.9. The highest BCUT2D eigenvalue weighted by Crippen LogP contribution is 2.23. The van der Waals surface area contributed by atoms with Crippen molar-refractivity contribution in [1.82, 2.24) is 0 Å². The fourth-order valence-corrected chi connectivity index (χ4v) is 2.85. The van der Waals surface area contributed by atoms with Gasteiger partial charge < -0.3 is 4.74 Å². The molecule has 0 heterocycles. The Hall–Kier alpha value is -3.42. The van der Waals surface area contributed by atoms with Crippen molar-refractivity contribution in [1.29, 1.82) is 0 Å². The molecule has 0 spiro atoms. The van der Waals surface area contributed by atoms with Gasteiger partial charge >= 0.3 is 0 Å². The van der Waals surface area contributed by atoms with Crippen LogP contribution in [0, 0.1) is 37.5 Å². The second-order valence-electron chi connectivity index (χ2n) is 6.80. The van der Waals surface area contributed by atoms with Crippen LogP contribution >= 0.6 is 0 Å². The Morgan fingerprint density at radius 1 is 0.679 bits per heavy atom. The van der Waals surface area contributed by atoms with E-state index >= 15 is 0 Å². The number of hydrogen-bond donors (Lipinski definition) is 0. The predicted octanol–water partition coefficient (Wildman–Crippen LogP) is 5.67. The van der Waals surface area contributed by atoms with Crippen LogP contribution in [0.3, 0.4) is 0 Å².